The first-order chi connectivity index (χ1) is 22.4. The van der Waals surface area contributed by atoms with Crippen molar-refractivity contribution in [1.82, 2.24) is 4.57 Å². The molecular formula is C36H28Cl2N2O5S. The molecule has 0 spiro atoms. The average Bonchev–Trinajstić information content (AvgIpc) is 3.38. The quantitative estimate of drug-likeness (QED) is 0.161. The van der Waals surface area contributed by atoms with Gasteiger partial charge in [0.2, 0.25) is 0 Å². The van der Waals surface area contributed by atoms with Crippen LogP contribution in [0.1, 0.15) is 35.2 Å². The maximum absolute atomic E-state index is 14.3. The number of carbonyl (C=O) groups is 1. The number of esters is 1. The molecule has 10 heteroatoms. The number of fused-ring (bicyclic) bond motifs is 1. The van der Waals surface area contributed by atoms with Gasteiger partial charge in [-0.1, -0.05) is 107 Å². The van der Waals surface area contributed by atoms with Crippen LogP contribution in [0.3, 0.4) is 0 Å². The van der Waals surface area contributed by atoms with Gasteiger partial charge in [-0.3, -0.25) is 9.36 Å². The molecule has 0 aliphatic carbocycles. The number of hydrogen-bond acceptors (Lipinski definition) is 7. The molecule has 1 aliphatic rings. The lowest BCUT2D eigenvalue weighted by Gasteiger charge is -2.26. The topological polar surface area (TPSA) is 79.1 Å². The highest BCUT2D eigenvalue weighted by molar-refractivity contribution is 7.07. The highest BCUT2D eigenvalue weighted by atomic mass is 35.5. The van der Waals surface area contributed by atoms with E-state index in [0.29, 0.717) is 47.7 Å². The van der Waals surface area contributed by atoms with Crippen molar-refractivity contribution in [2.75, 3.05) is 13.7 Å². The zero-order chi connectivity index (χ0) is 32.2. The molecule has 6 rings (SSSR count). The molecule has 0 amide bonds. The Labute approximate surface area is 279 Å². The van der Waals surface area contributed by atoms with Gasteiger partial charge >= 0.3 is 5.97 Å². The van der Waals surface area contributed by atoms with Gasteiger partial charge in [0, 0.05) is 26.7 Å². The van der Waals surface area contributed by atoms with Crippen LogP contribution in [0.4, 0.5) is 0 Å². The largest absolute Gasteiger partial charge is 0.493 e. The monoisotopic (exact) mass is 670 g/mol. The maximum Gasteiger partial charge on any atom is 0.338 e. The predicted octanol–water partition coefficient (Wildman–Crippen LogP) is 6.83. The number of halogens is 2. The molecule has 0 saturated carbocycles. The lowest BCUT2D eigenvalue weighted by molar-refractivity contribution is -0.138. The van der Waals surface area contributed by atoms with E-state index in [9.17, 15) is 9.59 Å². The van der Waals surface area contributed by atoms with Crippen molar-refractivity contribution >= 4 is 52.3 Å². The molecule has 4 aromatic carbocycles. The van der Waals surface area contributed by atoms with Crippen molar-refractivity contribution in [1.29, 1.82) is 0 Å². The van der Waals surface area contributed by atoms with E-state index in [0.717, 1.165) is 11.1 Å². The summed E-state index contributed by atoms with van der Waals surface area (Å²) in [6, 6.07) is 28.6. The molecule has 0 unspecified atom stereocenters. The summed E-state index contributed by atoms with van der Waals surface area (Å²) in [5.41, 5.74) is 3.24. The molecule has 1 aromatic heterocycles. The first-order valence-electron chi connectivity index (χ1n) is 14.5. The van der Waals surface area contributed by atoms with Gasteiger partial charge in [-0.05, 0) is 42.8 Å². The van der Waals surface area contributed by atoms with Crippen LogP contribution in [-0.4, -0.2) is 24.3 Å². The fraction of sp³-hybridized carbons (Fsp3) is 0.139. The molecule has 232 valence electrons. The van der Waals surface area contributed by atoms with Gasteiger partial charge in [-0.2, -0.15) is 0 Å². The predicted molar refractivity (Wildman–Crippen MR) is 181 cm³/mol. The van der Waals surface area contributed by atoms with E-state index in [2.05, 4.69) is 0 Å². The van der Waals surface area contributed by atoms with Crippen LogP contribution >= 0.6 is 34.5 Å². The van der Waals surface area contributed by atoms with Crippen molar-refractivity contribution in [3.05, 3.63) is 155 Å². The van der Waals surface area contributed by atoms with E-state index >= 15 is 0 Å². The second-order valence-electron chi connectivity index (χ2n) is 10.2. The Hall–Kier alpha value is -4.63. The Kier molecular flexibility index (Phi) is 9.40. The Morgan fingerprint density at radius 2 is 1.70 bits per heavy atom. The number of nitrogens with zero attached hydrogens (tertiary/aromatic N) is 2. The first-order valence-corrected chi connectivity index (χ1v) is 16.0. The highest BCUT2D eigenvalue weighted by Crippen LogP contribution is 2.36. The first kappa shape index (κ1) is 31.4. The smallest absolute Gasteiger partial charge is 0.338 e. The minimum absolute atomic E-state index is 0.162. The van der Waals surface area contributed by atoms with Gasteiger partial charge in [0.1, 0.15) is 6.61 Å². The zero-order valence-corrected chi connectivity index (χ0v) is 27.2. The van der Waals surface area contributed by atoms with E-state index < -0.39 is 12.0 Å². The number of thiazole rings is 1. The van der Waals surface area contributed by atoms with Crippen molar-refractivity contribution in [2.24, 2.45) is 4.99 Å². The minimum Gasteiger partial charge on any atom is -0.493 e. The van der Waals surface area contributed by atoms with Crippen LogP contribution in [-0.2, 0) is 16.1 Å². The Balaban J connectivity index is 1.55. The second-order valence-corrected chi connectivity index (χ2v) is 12.1. The molecule has 1 atom stereocenters. The molecule has 0 radical (unpaired) electrons. The Morgan fingerprint density at radius 1 is 0.957 bits per heavy atom. The number of aromatic nitrogens is 1. The lowest BCUT2D eigenvalue weighted by Crippen LogP contribution is -2.40. The molecule has 2 heterocycles. The van der Waals surface area contributed by atoms with Crippen LogP contribution in [0, 0.1) is 0 Å². The third-order valence-electron chi connectivity index (χ3n) is 7.41. The van der Waals surface area contributed by atoms with E-state index in [1.165, 1.54) is 11.3 Å². The van der Waals surface area contributed by atoms with Crippen LogP contribution in [0.15, 0.2) is 112 Å². The van der Waals surface area contributed by atoms with Crippen LogP contribution in [0.2, 0.25) is 10.0 Å². The molecule has 0 fully saturated rings. The molecular weight excluding hydrogens is 643 g/mol. The number of rotatable bonds is 9. The molecule has 0 saturated heterocycles. The Morgan fingerprint density at radius 3 is 2.41 bits per heavy atom. The minimum atomic E-state index is -0.814. The average molecular weight is 672 g/mol. The van der Waals surface area contributed by atoms with Gasteiger partial charge in [0.15, 0.2) is 16.3 Å². The third kappa shape index (κ3) is 6.24. The number of hydrogen-bond donors (Lipinski definition) is 0. The lowest BCUT2D eigenvalue weighted by atomic mass is 9.93. The van der Waals surface area contributed by atoms with Gasteiger partial charge in [0.05, 0.1) is 35.6 Å². The molecule has 46 heavy (non-hydrogen) atoms. The number of ether oxygens (including phenoxy) is 3. The molecule has 7 nitrogen and oxygen atoms in total. The molecule has 5 aromatic rings. The van der Waals surface area contributed by atoms with E-state index in [1.54, 1.807) is 61.1 Å². The summed E-state index contributed by atoms with van der Waals surface area (Å²) < 4.78 is 19.3. The molecule has 0 N–H and O–H groups in total. The number of benzene rings is 4. The van der Waals surface area contributed by atoms with Gasteiger partial charge in [-0.25, -0.2) is 9.79 Å². The standard InChI is InChI=1S/C36H28Cl2N2O5S/c1-3-44-35(42)30-31(22-10-5-4-6-11-22)39-36-40(32(30)23-16-18-26(37)19-17-23)34(41)29(46-36)20-24-13-9-15-28(43-2)33(24)45-21-25-12-7-8-14-27(25)38/h4-20,32H,3,21H2,1-2H3/b29-20-/t32-/m0/s1. The van der Waals surface area contributed by atoms with E-state index in [4.69, 9.17) is 42.4 Å². The second kappa shape index (κ2) is 13.8. The van der Waals surface area contributed by atoms with Gasteiger partial charge in [-0.15, -0.1) is 0 Å². The third-order valence-corrected chi connectivity index (χ3v) is 9.01. The normalized spacial score (nSPS) is 14.4. The van der Waals surface area contributed by atoms with E-state index in [1.807, 2.05) is 60.7 Å². The number of methoxy groups -OCH3 is 1. The number of carbonyl (C=O) groups excluding carboxylic acids is 1. The fourth-order valence-electron chi connectivity index (χ4n) is 5.27. The zero-order valence-electron chi connectivity index (χ0n) is 24.9. The number of para-hydroxylation sites is 1. The summed E-state index contributed by atoms with van der Waals surface area (Å²) in [5.74, 6) is 0.410. The fourth-order valence-corrected chi connectivity index (χ4v) is 6.58. The summed E-state index contributed by atoms with van der Waals surface area (Å²) in [6.45, 7) is 2.10. The van der Waals surface area contributed by atoms with Gasteiger partial charge in [0.25, 0.3) is 5.56 Å². The summed E-state index contributed by atoms with van der Waals surface area (Å²) in [6.07, 6.45) is 1.75. The summed E-state index contributed by atoms with van der Waals surface area (Å²) in [5, 5.41) is 1.12. The molecule has 0 bridgehead atoms. The summed E-state index contributed by atoms with van der Waals surface area (Å²) in [7, 11) is 1.56. The highest BCUT2D eigenvalue weighted by Gasteiger charge is 2.35. The summed E-state index contributed by atoms with van der Waals surface area (Å²) >= 11 is 13.8. The van der Waals surface area contributed by atoms with Crippen molar-refractivity contribution in [3.63, 3.8) is 0 Å². The van der Waals surface area contributed by atoms with E-state index in [-0.39, 0.29) is 24.3 Å². The van der Waals surface area contributed by atoms with Crippen LogP contribution in [0.25, 0.3) is 11.8 Å². The van der Waals surface area contributed by atoms with Crippen molar-refractivity contribution < 1.29 is 19.0 Å². The van der Waals surface area contributed by atoms with Gasteiger partial charge < -0.3 is 14.2 Å². The Bertz CT molecular complexity index is 2120. The summed E-state index contributed by atoms with van der Waals surface area (Å²) in [4.78, 5) is 33.3. The SMILES string of the molecule is CCOC(=O)C1=C(c2ccccc2)N=c2s/c(=C\c3cccc(OC)c3OCc3ccccc3Cl)c(=O)n2[C@H]1c1ccc(Cl)cc1. The van der Waals surface area contributed by atoms with Crippen LogP contribution in [0.5, 0.6) is 11.5 Å². The van der Waals surface area contributed by atoms with Crippen molar-refractivity contribution in [2.45, 2.75) is 19.6 Å². The van der Waals surface area contributed by atoms with Crippen LogP contribution < -0.4 is 24.4 Å². The van der Waals surface area contributed by atoms with Crippen molar-refractivity contribution in [3.8, 4) is 11.5 Å². The maximum atomic E-state index is 14.3. The molecule has 1 aliphatic heterocycles.